The monoisotopic (exact) mass is 445 g/mol. The minimum Gasteiger partial charge on any atom is -0.459 e. The van der Waals surface area contributed by atoms with Crippen LogP contribution in [0.3, 0.4) is 0 Å². The molecule has 0 radical (unpaired) electrons. The van der Waals surface area contributed by atoms with Crippen molar-refractivity contribution in [1.82, 2.24) is 4.90 Å². The summed E-state index contributed by atoms with van der Waals surface area (Å²) < 4.78 is 11.1. The summed E-state index contributed by atoms with van der Waals surface area (Å²) in [6.45, 7) is 5.53. The van der Waals surface area contributed by atoms with Gasteiger partial charge in [0.2, 0.25) is 0 Å². The zero-order chi connectivity index (χ0) is 23.8. The van der Waals surface area contributed by atoms with Crippen molar-refractivity contribution in [2.45, 2.75) is 45.4 Å². The van der Waals surface area contributed by atoms with Crippen LogP contribution in [0.5, 0.6) is 0 Å². The number of carbonyl (C=O) groups is 2. The van der Waals surface area contributed by atoms with Crippen molar-refractivity contribution >= 4 is 12.1 Å². The first kappa shape index (κ1) is 24.1. The molecule has 0 aliphatic rings. The summed E-state index contributed by atoms with van der Waals surface area (Å²) >= 11 is 0. The van der Waals surface area contributed by atoms with Gasteiger partial charge in [0.05, 0.1) is 0 Å². The van der Waals surface area contributed by atoms with E-state index in [1.807, 2.05) is 72.8 Å². The van der Waals surface area contributed by atoms with Crippen LogP contribution in [-0.2, 0) is 27.3 Å². The first-order chi connectivity index (χ1) is 15.7. The van der Waals surface area contributed by atoms with Crippen molar-refractivity contribution in [3.63, 3.8) is 0 Å². The summed E-state index contributed by atoms with van der Waals surface area (Å²) in [5.74, 6) is -0.473. The molecule has 0 saturated heterocycles. The standard InChI is InChI=1S/C28H31NO4/c1-28(2,3)33-27(31)29(4)25(26(30)32-20-22-11-7-5-8-12-22)19-21-15-17-24(18-16-21)23-13-9-6-10-14-23/h5-18,25H,19-20H2,1-4H3. The molecule has 0 aromatic heterocycles. The van der Waals surface area contributed by atoms with Crippen molar-refractivity contribution < 1.29 is 19.1 Å². The lowest BCUT2D eigenvalue weighted by Gasteiger charge is -2.29. The number of nitrogens with zero attached hydrogens (tertiary/aromatic N) is 1. The lowest BCUT2D eigenvalue weighted by Crippen LogP contribution is -2.46. The van der Waals surface area contributed by atoms with Crippen LogP contribution in [0.1, 0.15) is 31.9 Å². The molecule has 1 unspecified atom stereocenters. The van der Waals surface area contributed by atoms with Crippen LogP contribution in [0.2, 0.25) is 0 Å². The molecule has 5 heteroatoms. The Balaban J connectivity index is 1.76. The number of hydrogen-bond acceptors (Lipinski definition) is 4. The number of amides is 1. The van der Waals surface area contributed by atoms with E-state index < -0.39 is 23.7 Å². The number of carbonyl (C=O) groups excluding carboxylic acids is 2. The van der Waals surface area contributed by atoms with Crippen LogP contribution in [0.15, 0.2) is 84.9 Å². The lowest BCUT2D eigenvalue weighted by molar-refractivity contribution is -0.150. The van der Waals surface area contributed by atoms with Gasteiger partial charge >= 0.3 is 12.1 Å². The average Bonchev–Trinajstić information content (AvgIpc) is 2.81. The molecule has 0 spiro atoms. The van der Waals surface area contributed by atoms with E-state index in [-0.39, 0.29) is 6.61 Å². The fourth-order valence-electron chi connectivity index (χ4n) is 3.35. The minimum absolute atomic E-state index is 0.144. The van der Waals surface area contributed by atoms with Crippen molar-refractivity contribution in [2.75, 3.05) is 7.05 Å². The number of likely N-dealkylation sites (N-methyl/N-ethyl adjacent to an activating group) is 1. The van der Waals surface area contributed by atoms with Crippen LogP contribution in [0.4, 0.5) is 4.79 Å². The van der Waals surface area contributed by atoms with Gasteiger partial charge in [-0.1, -0.05) is 84.9 Å². The maximum absolute atomic E-state index is 13.0. The van der Waals surface area contributed by atoms with E-state index in [1.54, 1.807) is 27.8 Å². The summed E-state index contributed by atoms with van der Waals surface area (Å²) in [6.07, 6.45) is -0.247. The van der Waals surface area contributed by atoms with Crippen molar-refractivity contribution in [1.29, 1.82) is 0 Å². The normalized spacial score (nSPS) is 12.0. The number of ether oxygens (including phenoxy) is 2. The molecule has 3 rings (SSSR count). The molecule has 1 amide bonds. The molecule has 0 aliphatic heterocycles. The number of rotatable bonds is 7. The summed E-state index contributed by atoms with van der Waals surface area (Å²) in [7, 11) is 1.57. The predicted octanol–water partition coefficient (Wildman–Crippen LogP) is 5.88. The Morgan fingerprint density at radius 1 is 0.788 bits per heavy atom. The first-order valence-electron chi connectivity index (χ1n) is 11.0. The van der Waals surface area contributed by atoms with E-state index in [1.165, 1.54) is 4.90 Å². The van der Waals surface area contributed by atoms with Crippen LogP contribution in [0.25, 0.3) is 11.1 Å². The summed E-state index contributed by atoms with van der Waals surface area (Å²) in [5.41, 5.74) is 3.35. The molecule has 0 heterocycles. The third-order valence-electron chi connectivity index (χ3n) is 5.14. The third kappa shape index (κ3) is 7.21. The predicted molar refractivity (Wildman–Crippen MR) is 130 cm³/mol. The van der Waals surface area contributed by atoms with Gasteiger partial charge in [0.25, 0.3) is 0 Å². The van der Waals surface area contributed by atoms with Crippen molar-refractivity contribution in [2.24, 2.45) is 0 Å². The zero-order valence-corrected chi connectivity index (χ0v) is 19.7. The number of hydrogen-bond donors (Lipinski definition) is 0. The van der Waals surface area contributed by atoms with Gasteiger partial charge in [-0.05, 0) is 43.0 Å². The van der Waals surface area contributed by atoms with E-state index >= 15 is 0 Å². The highest BCUT2D eigenvalue weighted by molar-refractivity contribution is 5.82. The number of benzene rings is 3. The molecule has 172 valence electrons. The van der Waals surface area contributed by atoms with E-state index in [4.69, 9.17) is 9.47 Å². The molecular formula is C28H31NO4. The fraction of sp³-hybridized carbons (Fsp3) is 0.286. The van der Waals surface area contributed by atoms with Crippen LogP contribution in [-0.4, -0.2) is 35.7 Å². The van der Waals surface area contributed by atoms with Gasteiger partial charge in [-0.3, -0.25) is 4.90 Å². The Bertz CT molecular complexity index is 1040. The van der Waals surface area contributed by atoms with Gasteiger partial charge in [0.15, 0.2) is 0 Å². The molecule has 0 aliphatic carbocycles. The largest absolute Gasteiger partial charge is 0.459 e. The van der Waals surface area contributed by atoms with Crippen LogP contribution >= 0.6 is 0 Å². The molecule has 0 fully saturated rings. The molecule has 3 aromatic carbocycles. The van der Waals surface area contributed by atoms with Gasteiger partial charge < -0.3 is 9.47 Å². The summed E-state index contributed by atoms with van der Waals surface area (Å²) in [6, 6.07) is 26.7. The SMILES string of the molecule is CN(C(=O)OC(C)(C)C)C(Cc1ccc(-c2ccccc2)cc1)C(=O)OCc1ccccc1. The zero-order valence-electron chi connectivity index (χ0n) is 19.7. The van der Waals surface area contributed by atoms with E-state index in [2.05, 4.69) is 12.1 Å². The van der Waals surface area contributed by atoms with Gasteiger partial charge in [-0.25, -0.2) is 9.59 Å². The van der Waals surface area contributed by atoms with E-state index in [0.717, 1.165) is 22.3 Å². The molecule has 5 nitrogen and oxygen atoms in total. The lowest BCUT2D eigenvalue weighted by atomic mass is 10.0. The highest BCUT2D eigenvalue weighted by Crippen LogP contribution is 2.21. The smallest absolute Gasteiger partial charge is 0.410 e. The Morgan fingerprint density at radius 2 is 1.33 bits per heavy atom. The molecule has 0 saturated carbocycles. The molecule has 0 bridgehead atoms. The molecule has 3 aromatic rings. The summed E-state index contributed by atoms with van der Waals surface area (Å²) in [5, 5.41) is 0. The fourth-order valence-corrected chi connectivity index (χ4v) is 3.35. The highest BCUT2D eigenvalue weighted by atomic mass is 16.6. The summed E-state index contributed by atoms with van der Waals surface area (Å²) in [4.78, 5) is 27.1. The molecule has 1 atom stereocenters. The Kier molecular flexibility index (Phi) is 7.88. The van der Waals surface area contributed by atoms with Gasteiger partial charge in [0, 0.05) is 13.5 Å². The first-order valence-corrected chi connectivity index (χ1v) is 11.0. The maximum Gasteiger partial charge on any atom is 0.410 e. The third-order valence-corrected chi connectivity index (χ3v) is 5.14. The van der Waals surface area contributed by atoms with Gasteiger partial charge in [-0.2, -0.15) is 0 Å². The van der Waals surface area contributed by atoms with Gasteiger partial charge in [0.1, 0.15) is 18.2 Å². The van der Waals surface area contributed by atoms with Crippen molar-refractivity contribution in [3.05, 3.63) is 96.1 Å². The number of esters is 1. The second-order valence-corrected chi connectivity index (χ2v) is 8.97. The highest BCUT2D eigenvalue weighted by Gasteiger charge is 2.31. The second kappa shape index (κ2) is 10.8. The molecular weight excluding hydrogens is 414 g/mol. The van der Waals surface area contributed by atoms with Crippen LogP contribution in [0, 0.1) is 0 Å². The molecule has 33 heavy (non-hydrogen) atoms. The Hall–Kier alpha value is -3.60. The minimum atomic E-state index is -0.814. The maximum atomic E-state index is 13.0. The Labute approximate surface area is 196 Å². The quantitative estimate of drug-likeness (QED) is 0.427. The van der Waals surface area contributed by atoms with Crippen molar-refractivity contribution in [3.8, 4) is 11.1 Å². The van der Waals surface area contributed by atoms with Gasteiger partial charge in [-0.15, -0.1) is 0 Å². The topological polar surface area (TPSA) is 55.8 Å². The van der Waals surface area contributed by atoms with Crippen LogP contribution < -0.4 is 0 Å². The second-order valence-electron chi connectivity index (χ2n) is 8.97. The van der Waals surface area contributed by atoms with E-state index in [9.17, 15) is 9.59 Å². The average molecular weight is 446 g/mol. The molecule has 0 N–H and O–H groups in total. The Morgan fingerprint density at radius 3 is 1.91 bits per heavy atom. The van der Waals surface area contributed by atoms with E-state index in [0.29, 0.717) is 6.42 Å².